The van der Waals surface area contributed by atoms with Gasteiger partial charge in [0.25, 0.3) is 5.91 Å². The number of hydrogen-bond acceptors (Lipinski definition) is 1. The van der Waals surface area contributed by atoms with Gasteiger partial charge < -0.3 is 4.90 Å². The van der Waals surface area contributed by atoms with Crippen LogP contribution in [0.4, 0.5) is 0 Å². The molecule has 1 amide bonds. The number of hydrogen-bond donors (Lipinski definition) is 0. The summed E-state index contributed by atoms with van der Waals surface area (Å²) in [6.45, 7) is 3.91. The number of carbonyl (C=O) groups excluding carboxylic acids is 1. The molecule has 0 aliphatic heterocycles. The molecule has 1 rings (SSSR count). The van der Waals surface area contributed by atoms with E-state index in [9.17, 15) is 4.79 Å². The van der Waals surface area contributed by atoms with Crippen LogP contribution in [0.5, 0.6) is 0 Å². The Morgan fingerprint density at radius 2 is 2.19 bits per heavy atom. The minimum atomic E-state index is -0.0139. The average molecular weight is 305 g/mol. The molecule has 0 radical (unpaired) electrons. The van der Waals surface area contributed by atoms with Crippen molar-refractivity contribution in [1.82, 2.24) is 4.90 Å². The van der Waals surface area contributed by atoms with E-state index >= 15 is 0 Å². The molecule has 0 aliphatic carbocycles. The second-order valence-electron chi connectivity index (χ2n) is 3.90. The Morgan fingerprint density at radius 1 is 1.56 bits per heavy atom. The van der Waals surface area contributed by atoms with Gasteiger partial charge in [-0.05, 0) is 47.5 Å². The molecular weight excluding hydrogens is 289 g/mol. The lowest BCUT2D eigenvalue weighted by Crippen LogP contribution is -2.36. The van der Waals surface area contributed by atoms with Crippen molar-refractivity contribution < 1.29 is 4.79 Å². The largest absolute Gasteiger partial charge is 0.338 e. The SMILES string of the molecule is Cc1ccc(C(=O)N(C)C(C)CCl)c(Br)c1. The fraction of sp³-hybridized carbons (Fsp3) is 0.417. The smallest absolute Gasteiger partial charge is 0.255 e. The third kappa shape index (κ3) is 2.98. The highest BCUT2D eigenvalue weighted by Crippen LogP contribution is 2.20. The molecule has 1 unspecified atom stereocenters. The number of nitrogens with zero attached hydrogens (tertiary/aromatic N) is 1. The molecule has 0 fully saturated rings. The lowest BCUT2D eigenvalue weighted by molar-refractivity contribution is 0.0756. The first-order valence-electron chi connectivity index (χ1n) is 5.06. The quantitative estimate of drug-likeness (QED) is 0.783. The van der Waals surface area contributed by atoms with Gasteiger partial charge in [0.1, 0.15) is 0 Å². The van der Waals surface area contributed by atoms with E-state index in [1.165, 1.54) is 0 Å². The minimum absolute atomic E-state index is 0.0139. The maximum absolute atomic E-state index is 12.1. The van der Waals surface area contributed by atoms with Crippen LogP contribution < -0.4 is 0 Å². The molecule has 1 atom stereocenters. The highest BCUT2D eigenvalue weighted by atomic mass is 79.9. The van der Waals surface area contributed by atoms with Crippen LogP contribution in [0.15, 0.2) is 22.7 Å². The molecular formula is C12H15BrClNO. The van der Waals surface area contributed by atoms with Crippen molar-refractivity contribution in [3.05, 3.63) is 33.8 Å². The second-order valence-corrected chi connectivity index (χ2v) is 5.07. The topological polar surface area (TPSA) is 20.3 Å². The van der Waals surface area contributed by atoms with Crippen LogP contribution in [0.2, 0.25) is 0 Å². The molecule has 0 N–H and O–H groups in total. The van der Waals surface area contributed by atoms with E-state index in [0.29, 0.717) is 11.4 Å². The summed E-state index contributed by atoms with van der Waals surface area (Å²) >= 11 is 9.14. The highest BCUT2D eigenvalue weighted by molar-refractivity contribution is 9.10. The summed E-state index contributed by atoms with van der Waals surface area (Å²) < 4.78 is 0.825. The first-order valence-corrected chi connectivity index (χ1v) is 6.39. The van der Waals surface area contributed by atoms with E-state index in [4.69, 9.17) is 11.6 Å². The minimum Gasteiger partial charge on any atom is -0.338 e. The van der Waals surface area contributed by atoms with Crippen molar-refractivity contribution in [2.45, 2.75) is 19.9 Å². The van der Waals surface area contributed by atoms with Gasteiger partial charge in [0.2, 0.25) is 0 Å². The Morgan fingerprint density at radius 3 is 2.69 bits per heavy atom. The summed E-state index contributed by atoms with van der Waals surface area (Å²) in [6.07, 6.45) is 0. The average Bonchev–Trinajstić information content (AvgIpc) is 2.26. The van der Waals surface area contributed by atoms with Gasteiger partial charge in [0, 0.05) is 23.4 Å². The van der Waals surface area contributed by atoms with Gasteiger partial charge >= 0.3 is 0 Å². The molecule has 0 saturated heterocycles. The molecule has 16 heavy (non-hydrogen) atoms. The molecule has 88 valence electrons. The first-order chi connectivity index (χ1) is 7.47. The summed E-state index contributed by atoms with van der Waals surface area (Å²) in [7, 11) is 1.77. The number of amides is 1. The summed E-state index contributed by atoms with van der Waals surface area (Å²) in [4.78, 5) is 13.8. The molecule has 0 bridgehead atoms. The van der Waals surface area contributed by atoms with Crippen molar-refractivity contribution in [3.8, 4) is 0 Å². The zero-order valence-corrected chi connectivity index (χ0v) is 12.0. The molecule has 1 aromatic carbocycles. The number of alkyl halides is 1. The predicted molar refractivity (Wildman–Crippen MR) is 71.2 cm³/mol. The van der Waals surface area contributed by atoms with Crippen molar-refractivity contribution in [1.29, 1.82) is 0 Å². The number of aryl methyl sites for hydroxylation is 1. The van der Waals surface area contributed by atoms with Gasteiger partial charge in [0.05, 0.1) is 5.56 Å². The molecule has 0 heterocycles. The highest BCUT2D eigenvalue weighted by Gasteiger charge is 2.18. The molecule has 0 aliphatic rings. The summed E-state index contributed by atoms with van der Waals surface area (Å²) in [6, 6.07) is 5.73. The Labute approximate surface area is 110 Å². The molecule has 2 nitrogen and oxygen atoms in total. The second kappa shape index (κ2) is 5.69. The maximum atomic E-state index is 12.1. The monoisotopic (exact) mass is 303 g/mol. The van der Waals surface area contributed by atoms with Gasteiger partial charge in [-0.2, -0.15) is 0 Å². The van der Waals surface area contributed by atoms with Crippen LogP contribution in [0.3, 0.4) is 0 Å². The predicted octanol–water partition coefficient (Wildman–Crippen LogP) is 3.46. The zero-order chi connectivity index (χ0) is 12.3. The van der Waals surface area contributed by atoms with Crippen molar-refractivity contribution in [3.63, 3.8) is 0 Å². The van der Waals surface area contributed by atoms with Gasteiger partial charge in [-0.15, -0.1) is 11.6 Å². The number of rotatable bonds is 3. The van der Waals surface area contributed by atoms with E-state index in [2.05, 4.69) is 15.9 Å². The normalized spacial score (nSPS) is 12.3. The lowest BCUT2D eigenvalue weighted by atomic mass is 10.1. The van der Waals surface area contributed by atoms with Crippen LogP contribution in [-0.2, 0) is 0 Å². The van der Waals surface area contributed by atoms with Gasteiger partial charge in [-0.25, -0.2) is 0 Å². The van der Waals surface area contributed by atoms with Crippen LogP contribution in [0, 0.1) is 6.92 Å². The van der Waals surface area contributed by atoms with Crippen molar-refractivity contribution >= 4 is 33.4 Å². The number of carbonyl (C=O) groups is 1. The third-order valence-corrected chi connectivity index (χ3v) is 3.66. The molecule has 0 saturated carbocycles. The van der Waals surface area contributed by atoms with Crippen LogP contribution in [0.1, 0.15) is 22.8 Å². The van der Waals surface area contributed by atoms with E-state index in [0.717, 1.165) is 10.0 Å². The molecule has 4 heteroatoms. The van der Waals surface area contributed by atoms with Gasteiger partial charge in [-0.1, -0.05) is 6.07 Å². The van der Waals surface area contributed by atoms with Crippen molar-refractivity contribution in [2.24, 2.45) is 0 Å². The van der Waals surface area contributed by atoms with E-state index < -0.39 is 0 Å². The van der Waals surface area contributed by atoms with E-state index in [-0.39, 0.29) is 11.9 Å². The Kier molecular flexibility index (Phi) is 4.81. The molecule has 0 aromatic heterocycles. The van der Waals surface area contributed by atoms with E-state index in [1.54, 1.807) is 11.9 Å². The molecule has 1 aromatic rings. The summed E-state index contributed by atoms with van der Waals surface area (Å²) in [5.74, 6) is 0.422. The Balaban J connectivity index is 2.96. The fourth-order valence-corrected chi connectivity index (χ4v) is 2.16. The van der Waals surface area contributed by atoms with Gasteiger partial charge in [0.15, 0.2) is 0 Å². The third-order valence-electron chi connectivity index (χ3n) is 2.56. The van der Waals surface area contributed by atoms with Crippen LogP contribution in [0.25, 0.3) is 0 Å². The van der Waals surface area contributed by atoms with Crippen LogP contribution in [-0.4, -0.2) is 29.8 Å². The van der Waals surface area contributed by atoms with Gasteiger partial charge in [-0.3, -0.25) is 4.79 Å². The maximum Gasteiger partial charge on any atom is 0.255 e. The summed E-state index contributed by atoms with van der Waals surface area (Å²) in [5, 5.41) is 0. The standard InChI is InChI=1S/C12H15BrClNO/c1-8-4-5-10(11(13)6-8)12(16)15(3)9(2)7-14/h4-6,9H,7H2,1-3H3. The summed E-state index contributed by atoms with van der Waals surface area (Å²) in [5.41, 5.74) is 1.79. The lowest BCUT2D eigenvalue weighted by Gasteiger charge is -2.23. The van der Waals surface area contributed by atoms with Crippen molar-refractivity contribution in [2.75, 3.05) is 12.9 Å². The fourth-order valence-electron chi connectivity index (χ4n) is 1.29. The first kappa shape index (κ1) is 13.5. The van der Waals surface area contributed by atoms with E-state index in [1.807, 2.05) is 32.0 Å². The zero-order valence-electron chi connectivity index (χ0n) is 9.63. The Hall–Kier alpha value is -0.540. The number of benzene rings is 1. The van der Waals surface area contributed by atoms with Crippen LogP contribution >= 0.6 is 27.5 Å². The number of halogens is 2. The Bertz CT molecular complexity index is 395. The molecule has 0 spiro atoms.